The van der Waals surface area contributed by atoms with Gasteiger partial charge in [-0.15, -0.1) is 0 Å². The first kappa shape index (κ1) is 40.5. The second-order valence-electron chi connectivity index (χ2n) is 15.2. The van der Waals surface area contributed by atoms with Gasteiger partial charge in [0.25, 0.3) is 0 Å². The van der Waals surface area contributed by atoms with Crippen molar-refractivity contribution < 1.29 is 33.8 Å². The van der Waals surface area contributed by atoms with Crippen LogP contribution in [0.15, 0.2) is 158 Å². The molecule has 0 bridgehead atoms. The van der Waals surface area contributed by atoms with Crippen molar-refractivity contribution in [1.82, 2.24) is 21.3 Å². The molecule has 61 heavy (non-hydrogen) atoms. The minimum atomic E-state index is -1.27. The van der Waals surface area contributed by atoms with E-state index in [0.717, 1.165) is 55.6 Å². The summed E-state index contributed by atoms with van der Waals surface area (Å²) in [7, 11) is 0. The van der Waals surface area contributed by atoms with Crippen LogP contribution in [-0.4, -0.2) is 67.2 Å². The van der Waals surface area contributed by atoms with Gasteiger partial charge in [0.1, 0.15) is 31.5 Å². The van der Waals surface area contributed by atoms with Gasteiger partial charge in [-0.1, -0.05) is 158 Å². The number of alkyl carbamates (subject to hydrolysis) is 2. The van der Waals surface area contributed by atoms with Gasteiger partial charge in [0.05, 0.1) is 6.61 Å². The number of benzene rings is 6. The van der Waals surface area contributed by atoms with E-state index in [1.807, 2.05) is 158 Å². The second kappa shape index (κ2) is 18.8. The summed E-state index contributed by atoms with van der Waals surface area (Å²) in [4.78, 5) is 54.6. The zero-order valence-corrected chi connectivity index (χ0v) is 33.3. The van der Waals surface area contributed by atoms with E-state index in [4.69, 9.17) is 9.47 Å². The van der Waals surface area contributed by atoms with Crippen molar-refractivity contribution in [3.8, 4) is 22.3 Å². The molecule has 5 N–H and O–H groups in total. The predicted octanol–water partition coefficient (Wildman–Crippen LogP) is 6.84. The number of fused-ring (bicyclic) bond motifs is 6. The first-order chi connectivity index (χ1) is 29.9. The highest BCUT2D eigenvalue weighted by Gasteiger charge is 2.33. The summed E-state index contributed by atoms with van der Waals surface area (Å²) in [5, 5.41) is 21.2. The van der Waals surface area contributed by atoms with Crippen LogP contribution in [0.5, 0.6) is 0 Å². The Bertz CT molecular complexity index is 2250. The van der Waals surface area contributed by atoms with Crippen LogP contribution in [0.4, 0.5) is 9.59 Å². The van der Waals surface area contributed by atoms with Gasteiger partial charge in [-0.3, -0.25) is 9.59 Å². The Hall–Kier alpha value is -7.24. The van der Waals surface area contributed by atoms with E-state index in [9.17, 15) is 24.3 Å². The maximum Gasteiger partial charge on any atom is 0.407 e. The van der Waals surface area contributed by atoms with E-state index in [0.29, 0.717) is 0 Å². The highest BCUT2D eigenvalue weighted by atomic mass is 16.6. The van der Waals surface area contributed by atoms with Gasteiger partial charge in [-0.05, 0) is 55.6 Å². The molecule has 2 aliphatic carbocycles. The first-order valence-electron chi connectivity index (χ1n) is 20.4. The topological polar surface area (TPSA) is 155 Å². The molecule has 6 aromatic carbocycles. The SMILES string of the molecule is O=C(N[C@@H](Cc1ccccc1)C(=O)NC(CO)NC(=O)[C@H](Cc1ccccc1)NC(=O)OCC1c2ccccc2-c2ccccc21)OCC1c2ccccc2-c2ccccc21. The number of aliphatic hydroxyl groups excluding tert-OH is 1. The first-order valence-corrected chi connectivity index (χ1v) is 20.4. The molecule has 0 unspecified atom stereocenters. The van der Waals surface area contributed by atoms with Gasteiger partial charge in [0.15, 0.2) is 0 Å². The maximum atomic E-state index is 13.9. The average molecular weight is 815 g/mol. The number of hydrogen-bond acceptors (Lipinski definition) is 7. The Kier molecular flexibility index (Phi) is 12.5. The largest absolute Gasteiger partial charge is 0.449 e. The molecule has 8 rings (SSSR count). The van der Waals surface area contributed by atoms with Gasteiger partial charge in [0, 0.05) is 24.7 Å². The third-order valence-corrected chi connectivity index (χ3v) is 11.3. The zero-order valence-electron chi connectivity index (χ0n) is 33.3. The van der Waals surface area contributed by atoms with Crippen LogP contribution in [-0.2, 0) is 31.9 Å². The Labute approximate surface area is 354 Å². The van der Waals surface area contributed by atoms with Crippen molar-refractivity contribution in [2.75, 3.05) is 19.8 Å². The Morgan fingerprint density at radius 2 is 0.754 bits per heavy atom. The lowest BCUT2D eigenvalue weighted by molar-refractivity contribution is -0.127. The minimum absolute atomic E-state index is 0.0499. The highest BCUT2D eigenvalue weighted by Crippen LogP contribution is 2.45. The van der Waals surface area contributed by atoms with Crippen LogP contribution in [0.25, 0.3) is 22.3 Å². The fourth-order valence-corrected chi connectivity index (χ4v) is 8.35. The molecule has 4 amide bonds. The molecule has 6 aromatic rings. The smallest absolute Gasteiger partial charge is 0.407 e. The van der Waals surface area contributed by atoms with Crippen LogP contribution in [0.1, 0.15) is 45.2 Å². The Balaban J connectivity index is 0.922. The van der Waals surface area contributed by atoms with Gasteiger partial charge < -0.3 is 35.8 Å². The number of hydrogen-bond donors (Lipinski definition) is 5. The summed E-state index contributed by atoms with van der Waals surface area (Å²) in [5.74, 6) is -1.69. The van der Waals surface area contributed by atoms with E-state index in [-0.39, 0.29) is 37.9 Å². The van der Waals surface area contributed by atoms with Crippen LogP contribution in [0.2, 0.25) is 0 Å². The Morgan fingerprint density at radius 3 is 1.08 bits per heavy atom. The lowest BCUT2D eigenvalue weighted by Crippen LogP contribution is -2.59. The van der Waals surface area contributed by atoms with Gasteiger partial charge in [0.2, 0.25) is 11.8 Å². The molecule has 0 heterocycles. The summed E-state index contributed by atoms with van der Waals surface area (Å²) in [6.07, 6.45) is -2.66. The second-order valence-corrected chi connectivity index (χ2v) is 15.2. The third kappa shape index (κ3) is 9.32. The van der Waals surface area contributed by atoms with E-state index in [2.05, 4.69) is 21.3 Å². The fraction of sp³-hybridized carbons (Fsp3) is 0.200. The summed E-state index contributed by atoms with van der Waals surface area (Å²) in [6, 6.07) is 48.0. The lowest BCUT2D eigenvalue weighted by Gasteiger charge is -2.26. The molecule has 0 spiro atoms. The summed E-state index contributed by atoms with van der Waals surface area (Å²) in [5.41, 5.74) is 10.1. The standard InChI is InChI=1S/C50H46N4O7/c55-29-46(53-47(56)44(27-32-15-3-1-4-16-32)51-49(58)60-30-42-38-23-11-7-19-34(38)35-20-8-12-24-39(35)42)54-48(57)45(28-33-17-5-2-6-18-33)52-50(59)61-31-43-40-25-13-9-21-36(40)37-22-10-14-26-41(37)43/h1-26,42-46,55H,27-31H2,(H,51,58)(H,52,59)(H,53,56)(H,54,57)/t44-,45-/m0/s1. The molecule has 0 saturated carbocycles. The van der Waals surface area contributed by atoms with Crippen molar-refractivity contribution in [3.05, 3.63) is 191 Å². The average Bonchev–Trinajstić information content (AvgIpc) is 3.79. The third-order valence-electron chi connectivity index (χ3n) is 11.3. The monoisotopic (exact) mass is 814 g/mol. The molecular weight excluding hydrogens is 769 g/mol. The number of rotatable bonds is 15. The number of carbonyl (C=O) groups excluding carboxylic acids is 4. The van der Waals surface area contributed by atoms with Crippen molar-refractivity contribution in [2.45, 2.75) is 42.9 Å². The van der Waals surface area contributed by atoms with E-state index in [1.54, 1.807) is 0 Å². The molecule has 11 nitrogen and oxygen atoms in total. The van der Waals surface area contributed by atoms with E-state index in [1.165, 1.54) is 0 Å². The normalized spacial score (nSPS) is 13.5. The highest BCUT2D eigenvalue weighted by molar-refractivity contribution is 5.89. The van der Waals surface area contributed by atoms with Crippen molar-refractivity contribution in [2.24, 2.45) is 0 Å². The molecule has 308 valence electrons. The number of ether oxygens (including phenoxy) is 2. The number of carbonyl (C=O) groups is 4. The zero-order chi connectivity index (χ0) is 42.1. The maximum absolute atomic E-state index is 13.9. The van der Waals surface area contributed by atoms with Crippen molar-refractivity contribution >= 4 is 24.0 Å². The molecule has 0 radical (unpaired) electrons. The van der Waals surface area contributed by atoms with Crippen molar-refractivity contribution in [3.63, 3.8) is 0 Å². The molecule has 2 aliphatic rings. The molecule has 0 aliphatic heterocycles. The minimum Gasteiger partial charge on any atom is -0.449 e. The number of amides is 4. The van der Waals surface area contributed by atoms with Crippen LogP contribution in [0.3, 0.4) is 0 Å². The molecule has 0 saturated heterocycles. The number of nitrogens with one attached hydrogen (secondary N) is 4. The number of aliphatic hydroxyl groups is 1. The van der Waals surface area contributed by atoms with Gasteiger partial charge >= 0.3 is 12.2 Å². The van der Waals surface area contributed by atoms with Crippen molar-refractivity contribution in [1.29, 1.82) is 0 Å². The van der Waals surface area contributed by atoms with Crippen LogP contribution < -0.4 is 21.3 Å². The van der Waals surface area contributed by atoms with Gasteiger partial charge in [-0.2, -0.15) is 0 Å². The molecular formula is C50H46N4O7. The quantitative estimate of drug-likeness (QED) is 0.0712. The molecule has 11 heteroatoms. The predicted molar refractivity (Wildman–Crippen MR) is 231 cm³/mol. The molecule has 2 atom stereocenters. The summed E-state index contributed by atoms with van der Waals surface area (Å²) >= 11 is 0. The lowest BCUT2D eigenvalue weighted by atomic mass is 9.98. The summed E-state index contributed by atoms with van der Waals surface area (Å²) in [6.45, 7) is -0.577. The Morgan fingerprint density at radius 1 is 0.443 bits per heavy atom. The summed E-state index contributed by atoms with van der Waals surface area (Å²) < 4.78 is 11.5. The van der Waals surface area contributed by atoms with Crippen LogP contribution in [0, 0.1) is 0 Å². The molecule has 0 aromatic heterocycles. The van der Waals surface area contributed by atoms with E-state index < -0.39 is 48.9 Å². The fourth-order valence-electron chi connectivity index (χ4n) is 8.35. The molecule has 0 fully saturated rings. The van der Waals surface area contributed by atoms with E-state index >= 15 is 0 Å². The van der Waals surface area contributed by atoms with Gasteiger partial charge in [-0.25, -0.2) is 9.59 Å². The van der Waals surface area contributed by atoms with Crippen LogP contribution >= 0.6 is 0 Å².